The number of carbonyl (C=O) groups is 1. The molecule has 0 fully saturated rings. The van der Waals surface area contributed by atoms with E-state index in [0.29, 0.717) is 24.9 Å². The van der Waals surface area contributed by atoms with Crippen molar-refractivity contribution >= 4 is 11.9 Å². The van der Waals surface area contributed by atoms with E-state index in [2.05, 4.69) is 43.5 Å². The summed E-state index contributed by atoms with van der Waals surface area (Å²) < 4.78 is 10.9. The lowest BCUT2D eigenvalue weighted by Crippen LogP contribution is -2.42. The lowest BCUT2D eigenvalue weighted by atomic mass is 9.79. The highest BCUT2D eigenvalue weighted by Gasteiger charge is 2.29. The van der Waals surface area contributed by atoms with Crippen LogP contribution in [-0.4, -0.2) is 70.9 Å². The molecule has 0 amide bonds. The minimum Gasteiger partial charge on any atom is -0.493 e. The van der Waals surface area contributed by atoms with Crippen LogP contribution in [0.5, 0.6) is 5.75 Å². The van der Waals surface area contributed by atoms with E-state index in [-0.39, 0.29) is 23.5 Å². The molecule has 8 heteroatoms. The molecule has 0 saturated heterocycles. The van der Waals surface area contributed by atoms with E-state index in [1.165, 1.54) is 7.11 Å². The molecule has 0 aliphatic heterocycles. The molecule has 0 spiro atoms. The Hall–Kier alpha value is -2.32. The van der Waals surface area contributed by atoms with Gasteiger partial charge in [0.2, 0.25) is 5.96 Å². The number of benzene rings is 1. The minimum absolute atomic E-state index is 0.0196. The monoisotopic (exact) mass is 450 g/mol. The third kappa shape index (κ3) is 9.04. The summed E-state index contributed by atoms with van der Waals surface area (Å²) in [7, 11) is 8.66. The summed E-state index contributed by atoms with van der Waals surface area (Å²) in [5.74, 6) is 1.53. The lowest BCUT2D eigenvalue weighted by molar-refractivity contribution is -0.145. The average Bonchev–Trinajstić information content (AvgIpc) is 2.76. The van der Waals surface area contributed by atoms with E-state index in [0.717, 1.165) is 17.7 Å². The molecule has 1 aromatic rings. The predicted molar refractivity (Wildman–Crippen MR) is 129 cm³/mol. The first-order chi connectivity index (χ1) is 15.0. The van der Waals surface area contributed by atoms with Crippen molar-refractivity contribution in [2.75, 3.05) is 41.9 Å². The zero-order chi connectivity index (χ0) is 24.3. The maximum absolute atomic E-state index is 12.0. The Labute approximate surface area is 193 Å². The Morgan fingerprint density at radius 1 is 1.19 bits per heavy atom. The molecule has 3 unspecified atom stereocenters. The average molecular weight is 451 g/mol. The molecule has 8 nitrogen and oxygen atoms in total. The number of hydroxylamine groups is 1. The third-order valence-electron chi connectivity index (χ3n) is 5.75. The van der Waals surface area contributed by atoms with Gasteiger partial charge in [-0.25, -0.2) is 5.48 Å². The largest absolute Gasteiger partial charge is 0.493 e. The molecule has 1 aromatic carbocycles. The number of nitrogens with one attached hydrogen (secondary N) is 2. The fraction of sp³-hybridized carbons (Fsp3) is 0.667. The first-order valence-electron chi connectivity index (χ1n) is 11.1. The molecule has 32 heavy (non-hydrogen) atoms. The van der Waals surface area contributed by atoms with Crippen molar-refractivity contribution in [3.8, 4) is 5.75 Å². The zero-order valence-corrected chi connectivity index (χ0v) is 21.2. The Bertz CT molecular complexity index is 719. The number of hydrogen-bond donors (Lipinski definition) is 2. The summed E-state index contributed by atoms with van der Waals surface area (Å²) in [4.78, 5) is 23.7. The highest BCUT2D eigenvalue weighted by molar-refractivity contribution is 5.78. The number of carbonyl (C=O) groups excluding carboxylic acids is 1. The van der Waals surface area contributed by atoms with Gasteiger partial charge in [0, 0.05) is 14.1 Å². The first-order valence-corrected chi connectivity index (χ1v) is 11.1. The summed E-state index contributed by atoms with van der Waals surface area (Å²) in [6.07, 6.45) is 1.51. The summed E-state index contributed by atoms with van der Waals surface area (Å²) >= 11 is 0. The van der Waals surface area contributed by atoms with Gasteiger partial charge in [0.1, 0.15) is 11.8 Å². The van der Waals surface area contributed by atoms with E-state index in [9.17, 15) is 4.79 Å². The predicted octanol–water partition coefficient (Wildman–Crippen LogP) is 2.88. The second-order valence-corrected chi connectivity index (χ2v) is 9.14. The summed E-state index contributed by atoms with van der Waals surface area (Å²) in [6.45, 7) is 9.23. The Kier molecular flexibility index (Phi) is 11.5. The van der Waals surface area contributed by atoms with Crippen LogP contribution in [0.2, 0.25) is 0 Å². The summed E-state index contributed by atoms with van der Waals surface area (Å²) in [6, 6.07) is 7.60. The second-order valence-electron chi connectivity index (χ2n) is 9.14. The molecule has 0 aromatic heterocycles. The Morgan fingerprint density at radius 3 is 2.31 bits per heavy atom. The maximum Gasteiger partial charge on any atom is 0.323 e. The second kappa shape index (κ2) is 13.3. The summed E-state index contributed by atoms with van der Waals surface area (Å²) in [5.41, 5.74) is 3.87. The molecule has 0 bridgehead atoms. The van der Waals surface area contributed by atoms with Gasteiger partial charge in [-0.15, -0.1) is 0 Å². The highest BCUT2D eigenvalue weighted by atomic mass is 16.7. The maximum atomic E-state index is 12.0. The van der Waals surface area contributed by atoms with E-state index >= 15 is 0 Å². The molecule has 0 heterocycles. The quantitative estimate of drug-likeness (QED) is 0.219. The number of guanidine groups is 1. The van der Waals surface area contributed by atoms with Crippen LogP contribution >= 0.6 is 0 Å². The number of aliphatic imine (C=N–C) groups is 1. The van der Waals surface area contributed by atoms with Crippen molar-refractivity contribution < 1.29 is 19.1 Å². The van der Waals surface area contributed by atoms with E-state index in [1.807, 2.05) is 43.3 Å². The van der Waals surface area contributed by atoms with Crippen LogP contribution in [0.3, 0.4) is 0 Å². The number of likely N-dealkylation sites (N-methyl/N-ethyl adjacent to an activating group) is 1. The van der Waals surface area contributed by atoms with Crippen LogP contribution in [0.25, 0.3) is 0 Å². The zero-order valence-electron chi connectivity index (χ0n) is 21.2. The Balaban J connectivity index is 2.56. The lowest BCUT2D eigenvalue weighted by Gasteiger charge is -2.33. The normalized spacial score (nSPS) is 15.1. The SMILES string of the molecule is CN=C(NC)NOC(C)C(C)(C)CC(C)COc1ccc(CC(C(=O)OC)N(C)C)cc1. The van der Waals surface area contributed by atoms with E-state index < -0.39 is 0 Å². The number of methoxy groups -OCH3 is 1. The molecule has 182 valence electrons. The molecule has 0 aliphatic rings. The molecule has 0 aliphatic carbocycles. The van der Waals surface area contributed by atoms with Gasteiger partial charge >= 0.3 is 5.97 Å². The highest BCUT2D eigenvalue weighted by Crippen LogP contribution is 2.31. The van der Waals surface area contributed by atoms with Crippen molar-refractivity contribution in [2.45, 2.75) is 52.7 Å². The molecule has 2 N–H and O–H groups in total. The minimum atomic E-state index is -0.305. The van der Waals surface area contributed by atoms with Crippen molar-refractivity contribution in [1.29, 1.82) is 0 Å². The number of rotatable bonds is 12. The van der Waals surface area contributed by atoms with Gasteiger partial charge in [0.25, 0.3) is 0 Å². The van der Waals surface area contributed by atoms with Crippen LogP contribution in [-0.2, 0) is 20.8 Å². The van der Waals surface area contributed by atoms with Crippen LogP contribution in [0.15, 0.2) is 29.3 Å². The van der Waals surface area contributed by atoms with Crippen molar-refractivity contribution in [2.24, 2.45) is 16.3 Å². The van der Waals surface area contributed by atoms with Gasteiger partial charge in [0.15, 0.2) is 0 Å². The van der Waals surface area contributed by atoms with Gasteiger partial charge in [0.05, 0.1) is 19.8 Å². The molecular formula is C24H42N4O4. The topological polar surface area (TPSA) is 84.4 Å². The van der Waals surface area contributed by atoms with Crippen molar-refractivity contribution in [3.63, 3.8) is 0 Å². The molecule has 0 radical (unpaired) electrons. The number of hydrogen-bond acceptors (Lipinski definition) is 6. The van der Waals surface area contributed by atoms with Gasteiger partial charge in [-0.1, -0.05) is 32.9 Å². The Morgan fingerprint density at radius 2 is 1.81 bits per heavy atom. The molecule has 1 rings (SSSR count). The van der Waals surface area contributed by atoms with Gasteiger partial charge in [-0.2, -0.15) is 0 Å². The number of ether oxygens (including phenoxy) is 2. The van der Waals surface area contributed by atoms with Crippen LogP contribution in [0, 0.1) is 11.3 Å². The van der Waals surface area contributed by atoms with E-state index in [4.69, 9.17) is 14.3 Å². The van der Waals surface area contributed by atoms with Crippen molar-refractivity contribution in [3.05, 3.63) is 29.8 Å². The van der Waals surface area contributed by atoms with Crippen molar-refractivity contribution in [1.82, 2.24) is 15.7 Å². The van der Waals surface area contributed by atoms with Crippen LogP contribution < -0.4 is 15.5 Å². The fourth-order valence-corrected chi connectivity index (χ4v) is 3.43. The fourth-order valence-electron chi connectivity index (χ4n) is 3.43. The van der Waals surface area contributed by atoms with Gasteiger partial charge in [-0.05, 0) is 62.9 Å². The third-order valence-corrected chi connectivity index (χ3v) is 5.75. The molecule has 0 saturated carbocycles. The standard InChI is InChI=1S/C24H42N4O4/c1-17(15-24(3,4)18(2)32-27-23(25-5)26-6)16-31-20-12-10-19(11-13-20)14-21(28(7)8)22(29)30-9/h10-13,17-18,21H,14-16H2,1-9H3,(H2,25,26,27). The summed E-state index contributed by atoms with van der Waals surface area (Å²) in [5, 5.41) is 2.93. The molecule has 3 atom stereocenters. The molecular weight excluding hydrogens is 408 g/mol. The van der Waals surface area contributed by atoms with E-state index in [1.54, 1.807) is 14.1 Å². The first kappa shape index (κ1) is 27.7. The van der Waals surface area contributed by atoms with Gasteiger partial charge in [-0.3, -0.25) is 19.5 Å². The number of nitrogens with zero attached hydrogens (tertiary/aromatic N) is 2. The smallest absolute Gasteiger partial charge is 0.323 e. The van der Waals surface area contributed by atoms with Crippen LogP contribution in [0.4, 0.5) is 0 Å². The number of esters is 1. The van der Waals surface area contributed by atoms with Crippen LogP contribution in [0.1, 0.15) is 39.7 Å². The van der Waals surface area contributed by atoms with Gasteiger partial charge < -0.3 is 14.8 Å².